The molecule has 14 heavy (non-hydrogen) atoms. The van der Waals surface area contributed by atoms with Gasteiger partial charge < -0.3 is 10.4 Å². The van der Waals surface area contributed by atoms with Gasteiger partial charge in [0.25, 0.3) is 0 Å². The number of rotatable bonds is 4. The molecule has 2 N–H and O–H groups in total. The van der Waals surface area contributed by atoms with Crippen molar-refractivity contribution in [3.05, 3.63) is 29.8 Å². The van der Waals surface area contributed by atoms with Gasteiger partial charge >= 0.3 is 0 Å². The van der Waals surface area contributed by atoms with Crippen molar-refractivity contribution in [3.63, 3.8) is 0 Å². The molecular formula is C12H19NO. The normalized spacial score (nSPS) is 14.9. The lowest BCUT2D eigenvalue weighted by atomic mass is 10.1. The molecular weight excluding hydrogens is 174 g/mol. The van der Waals surface area contributed by atoms with E-state index in [1.807, 2.05) is 6.92 Å². The van der Waals surface area contributed by atoms with Crippen molar-refractivity contribution >= 4 is 5.69 Å². The van der Waals surface area contributed by atoms with E-state index in [4.69, 9.17) is 0 Å². The average Bonchev–Trinajstić information content (AvgIpc) is 2.19. The van der Waals surface area contributed by atoms with Crippen LogP contribution >= 0.6 is 0 Å². The van der Waals surface area contributed by atoms with E-state index >= 15 is 0 Å². The van der Waals surface area contributed by atoms with Gasteiger partial charge in [-0.3, -0.25) is 0 Å². The van der Waals surface area contributed by atoms with Gasteiger partial charge in [0.05, 0.1) is 6.10 Å². The van der Waals surface area contributed by atoms with E-state index in [9.17, 15) is 5.11 Å². The third kappa shape index (κ3) is 3.04. The summed E-state index contributed by atoms with van der Waals surface area (Å²) in [5, 5.41) is 12.6. The Labute approximate surface area is 86.0 Å². The summed E-state index contributed by atoms with van der Waals surface area (Å²) in [5.41, 5.74) is 2.40. The topological polar surface area (TPSA) is 32.3 Å². The van der Waals surface area contributed by atoms with E-state index in [1.54, 1.807) is 6.92 Å². The Morgan fingerprint density at radius 3 is 2.21 bits per heavy atom. The maximum atomic E-state index is 9.32. The molecule has 1 aromatic carbocycles. The first-order chi connectivity index (χ1) is 6.63. The molecule has 78 valence electrons. The van der Waals surface area contributed by atoms with Crippen LogP contribution in [0.1, 0.15) is 26.3 Å². The molecule has 0 saturated carbocycles. The number of benzene rings is 1. The zero-order valence-electron chi connectivity index (χ0n) is 9.12. The first kappa shape index (κ1) is 11.1. The van der Waals surface area contributed by atoms with Crippen LogP contribution in [0.4, 0.5) is 5.69 Å². The van der Waals surface area contributed by atoms with Crippen LogP contribution < -0.4 is 5.32 Å². The zero-order chi connectivity index (χ0) is 10.6. The minimum absolute atomic E-state index is 0.0856. The van der Waals surface area contributed by atoms with Gasteiger partial charge in [-0.25, -0.2) is 0 Å². The van der Waals surface area contributed by atoms with Gasteiger partial charge in [-0.1, -0.05) is 19.1 Å². The fourth-order valence-electron chi connectivity index (χ4n) is 1.22. The summed E-state index contributed by atoms with van der Waals surface area (Å²) >= 11 is 0. The summed E-state index contributed by atoms with van der Waals surface area (Å²) in [6, 6.07) is 8.41. The number of aliphatic hydroxyl groups is 1. The van der Waals surface area contributed by atoms with E-state index in [2.05, 4.69) is 36.5 Å². The minimum atomic E-state index is -0.333. The first-order valence-electron chi connectivity index (χ1n) is 5.17. The molecule has 0 fully saturated rings. The van der Waals surface area contributed by atoms with Gasteiger partial charge in [0, 0.05) is 11.7 Å². The Morgan fingerprint density at radius 1 is 1.21 bits per heavy atom. The number of anilines is 1. The fraction of sp³-hybridized carbons (Fsp3) is 0.500. The molecule has 1 aromatic rings. The van der Waals surface area contributed by atoms with Crippen molar-refractivity contribution in [1.29, 1.82) is 0 Å². The summed E-state index contributed by atoms with van der Waals surface area (Å²) in [5.74, 6) is 0. The van der Waals surface area contributed by atoms with Gasteiger partial charge in [-0.05, 0) is 38.0 Å². The van der Waals surface area contributed by atoms with Crippen LogP contribution in [-0.2, 0) is 6.42 Å². The molecule has 0 radical (unpaired) electrons. The third-order valence-electron chi connectivity index (χ3n) is 2.48. The van der Waals surface area contributed by atoms with Crippen molar-refractivity contribution in [2.45, 2.75) is 39.3 Å². The van der Waals surface area contributed by atoms with Gasteiger partial charge in [0.1, 0.15) is 0 Å². The standard InChI is InChI=1S/C12H19NO/c1-4-11-5-7-12(8-6-11)13-9(2)10(3)14/h5-10,13-14H,4H2,1-3H3. The number of aliphatic hydroxyl groups excluding tert-OH is 1. The van der Waals surface area contributed by atoms with Crippen molar-refractivity contribution in [2.24, 2.45) is 0 Å². The smallest absolute Gasteiger partial charge is 0.0710 e. The van der Waals surface area contributed by atoms with E-state index in [0.29, 0.717) is 0 Å². The molecule has 0 aliphatic heterocycles. The third-order valence-corrected chi connectivity index (χ3v) is 2.48. The van der Waals surface area contributed by atoms with Crippen LogP contribution in [0.5, 0.6) is 0 Å². The zero-order valence-corrected chi connectivity index (χ0v) is 9.12. The second kappa shape index (κ2) is 5.01. The van der Waals surface area contributed by atoms with Crippen molar-refractivity contribution in [1.82, 2.24) is 0 Å². The summed E-state index contributed by atoms with van der Waals surface area (Å²) in [6.07, 6.45) is 0.729. The summed E-state index contributed by atoms with van der Waals surface area (Å²) in [6.45, 7) is 5.90. The maximum absolute atomic E-state index is 9.32. The lowest BCUT2D eigenvalue weighted by Gasteiger charge is -2.17. The SMILES string of the molecule is CCc1ccc(NC(C)C(C)O)cc1. The highest BCUT2D eigenvalue weighted by molar-refractivity contribution is 5.45. The van der Waals surface area contributed by atoms with Gasteiger partial charge in [-0.2, -0.15) is 0 Å². The Morgan fingerprint density at radius 2 is 1.79 bits per heavy atom. The molecule has 2 atom stereocenters. The molecule has 2 unspecified atom stereocenters. The highest BCUT2D eigenvalue weighted by Crippen LogP contribution is 2.12. The van der Waals surface area contributed by atoms with Gasteiger partial charge in [-0.15, -0.1) is 0 Å². The molecule has 0 spiro atoms. The maximum Gasteiger partial charge on any atom is 0.0710 e. The van der Waals surface area contributed by atoms with Crippen LogP contribution in [0.25, 0.3) is 0 Å². The summed E-state index contributed by atoms with van der Waals surface area (Å²) in [7, 11) is 0. The lowest BCUT2D eigenvalue weighted by molar-refractivity contribution is 0.178. The molecule has 0 aromatic heterocycles. The highest BCUT2D eigenvalue weighted by Gasteiger charge is 2.07. The molecule has 0 aliphatic rings. The Kier molecular flexibility index (Phi) is 3.96. The largest absolute Gasteiger partial charge is 0.391 e. The molecule has 0 heterocycles. The molecule has 2 heteroatoms. The molecule has 0 saturated heterocycles. The van der Waals surface area contributed by atoms with Crippen LogP contribution in [0.3, 0.4) is 0 Å². The quantitative estimate of drug-likeness (QED) is 0.769. The first-order valence-corrected chi connectivity index (χ1v) is 5.17. The average molecular weight is 193 g/mol. The molecule has 0 aliphatic carbocycles. The Hall–Kier alpha value is -1.02. The van der Waals surface area contributed by atoms with E-state index in [1.165, 1.54) is 5.56 Å². The molecule has 0 bridgehead atoms. The predicted octanol–water partition coefficient (Wildman–Crippen LogP) is 2.43. The Balaban J connectivity index is 2.59. The summed E-state index contributed by atoms with van der Waals surface area (Å²) < 4.78 is 0. The minimum Gasteiger partial charge on any atom is -0.391 e. The highest BCUT2D eigenvalue weighted by atomic mass is 16.3. The summed E-state index contributed by atoms with van der Waals surface area (Å²) in [4.78, 5) is 0. The number of aryl methyl sites for hydroxylation is 1. The van der Waals surface area contributed by atoms with Crippen molar-refractivity contribution in [2.75, 3.05) is 5.32 Å². The van der Waals surface area contributed by atoms with Crippen LogP contribution in [-0.4, -0.2) is 17.3 Å². The second-order valence-electron chi connectivity index (χ2n) is 3.72. The molecule has 2 nitrogen and oxygen atoms in total. The number of nitrogens with one attached hydrogen (secondary N) is 1. The molecule has 0 amide bonds. The van der Waals surface area contributed by atoms with E-state index in [0.717, 1.165) is 12.1 Å². The number of hydrogen-bond acceptors (Lipinski definition) is 2. The second-order valence-corrected chi connectivity index (χ2v) is 3.72. The molecule has 1 rings (SSSR count). The lowest BCUT2D eigenvalue weighted by Crippen LogP contribution is -2.27. The van der Waals surface area contributed by atoms with Gasteiger partial charge in [0.2, 0.25) is 0 Å². The van der Waals surface area contributed by atoms with E-state index < -0.39 is 0 Å². The Bertz CT molecular complexity index is 266. The predicted molar refractivity (Wildman–Crippen MR) is 60.6 cm³/mol. The van der Waals surface area contributed by atoms with Crippen LogP contribution in [0.15, 0.2) is 24.3 Å². The van der Waals surface area contributed by atoms with E-state index in [-0.39, 0.29) is 12.1 Å². The fourth-order valence-corrected chi connectivity index (χ4v) is 1.22. The van der Waals surface area contributed by atoms with Crippen molar-refractivity contribution < 1.29 is 5.11 Å². The number of hydrogen-bond donors (Lipinski definition) is 2. The van der Waals surface area contributed by atoms with Crippen LogP contribution in [0.2, 0.25) is 0 Å². The van der Waals surface area contributed by atoms with Crippen LogP contribution in [0, 0.1) is 0 Å². The monoisotopic (exact) mass is 193 g/mol. The van der Waals surface area contributed by atoms with Crippen molar-refractivity contribution in [3.8, 4) is 0 Å². The van der Waals surface area contributed by atoms with Gasteiger partial charge in [0.15, 0.2) is 0 Å².